The zero-order valence-corrected chi connectivity index (χ0v) is 19.0. The van der Waals surface area contributed by atoms with Crippen LogP contribution in [0, 0.1) is 13.8 Å². The number of hydrogen-bond acceptors (Lipinski definition) is 8. The second-order valence-corrected chi connectivity index (χ2v) is 8.99. The molecule has 0 radical (unpaired) electrons. The van der Waals surface area contributed by atoms with E-state index >= 15 is 0 Å². The summed E-state index contributed by atoms with van der Waals surface area (Å²) in [6.45, 7) is 10.2. The second-order valence-electron chi connectivity index (χ2n) is 6.86. The van der Waals surface area contributed by atoms with E-state index in [9.17, 15) is 4.79 Å². The summed E-state index contributed by atoms with van der Waals surface area (Å²) in [5.41, 5.74) is 2.94. The minimum Gasteiger partial charge on any atom is -0.411 e. The Morgan fingerprint density at radius 2 is 1.87 bits per heavy atom. The molecule has 0 spiro atoms. The van der Waals surface area contributed by atoms with Crippen molar-refractivity contribution in [2.24, 2.45) is 0 Å². The first kappa shape index (κ1) is 20.6. The molecule has 0 fully saturated rings. The molecule has 0 aliphatic heterocycles. The minimum absolute atomic E-state index is 0.100. The molecule has 0 atom stereocenters. The number of rotatable bonds is 7. The van der Waals surface area contributed by atoms with Crippen LogP contribution in [0.15, 0.2) is 38.7 Å². The van der Waals surface area contributed by atoms with Crippen LogP contribution >= 0.6 is 23.1 Å². The van der Waals surface area contributed by atoms with E-state index in [1.54, 1.807) is 11.3 Å². The van der Waals surface area contributed by atoms with Crippen molar-refractivity contribution >= 4 is 39.0 Å². The Kier molecular flexibility index (Phi) is 5.92. The summed E-state index contributed by atoms with van der Waals surface area (Å²) in [5.74, 6) is 1.52. The first-order valence-electron chi connectivity index (χ1n) is 9.80. The van der Waals surface area contributed by atoms with E-state index < -0.39 is 0 Å². The van der Waals surface area contributed by atoms with E-state index in [2.05, 4.69) is 51.0 Å². The van der Waals surface area contributed by atoms with Crippen LogP contribution in [0.4, 0.5) is 5.69 Å². The second kappa shape index (κ2) is 8.61. The maximum Gasteiger partial charge on any atom is 0.277 e. The first-order chi connectivity index (χ1) is 14.5. The Bertz CT molecular complexity index is 1220. The van der Waals surface area contributed by atoms with Crippen LogP contribution in [-0.4, -0.2) is 33.3 Å². The highest BCUT2D eigenvalue weighted by Gasteiger charge is 2.14. The van der Waals surface area contributed by atoms with Gasteiger partial charge in [-0.15, -0.1) is 21.5 Å². The van der Waals surface area contributed by atoms with Crippen LogP contribution in [-0.2, 0) is 5.75 Å². The topological polar surface area (TPSA) is 87.9 Å². The molecule has 0 unspecified atom stereocenters. The Labute approximate surface area is 182 Å². The number of aromatic nitrogens is 4. The Morgan fingerprint density at radius 3 is 2.57 bits per heavy atom. The third-order valence-corrected chi connectivity index (χ3v) is 7.00. The molecule has 0 aliphatic rings. The molecule has 156 valence electrons. The lowest BCUT2D eigenvalue weighted by molar-refractivity contribution is 0.465. The molecule has 0 bridgehead atoms. The van der Waals surface area contributed by atoms with Gasteiger partial charge < -0.3 is 14.3 Å². The molecule has 9 heteroatoms. The van der Waals surface area contributed by atoms with Gasteiger partial charge in [0.1, 0.15) is 10.7 Å². The molecule has 1 aromatic carbocycles. The van der Waals surface area contributed by atoms with Gasteiger partial charge in [-0.1, -0.05) is 11.8 Å². The zero-order valence-electron chi connectivity index (χ0n) is 17.4. The highest BCUT2D eigenvalue weighted by molar-refractivity contribution is 7.98. The molecule has 1 N–H and O–H groups in total. The summed E-state index contributed by atoms with van der Waals surface area (Å²) in [6.07, 6.45) is 0. The molecule has 7 nitrogen and oxygen atoms in total. The van der Waals surface area contributed by atoms with Crippen LogP contribution < -0.4 is 10.5 Å². The van der Waals surface area contributed by atoms with Gasteiger partial charge in [-0.25, -0.2) is 4.98 Å². The van der Waals surface area contributed by atoms with Gasteiger partial charge in [-0.05, 0) is 57.5 Å². The number of aromatic amines is 1. The van der Waals surface area contributed by atoms with Gasteiger partial charge in [-0.3, -0.25) is 4.79 Å². The summed E-state index contributed by atoms with van der Waals surface area (Å²) in [6, 6.07) is 8.11. The number of aryl methyl sites for hydroxylation is 2. The first-order valence-corrected chi connectivity index (χ1v) is 11.6. The summed E-state index contributed by atoms with van der Waals surface area (Å²) in [7, 11) is 0. The van der Waals surface area contributed by atoms with Crippen molar-refractivity contribution in [3.05, 3.63) is 50.9 Å². The largest absolute Gasteiger partial charge is 0.411 e. The average Bonchev–Trinajstić information content (AvgIpc) is 3.33. The van der Waals surface area contributed by atoms with Crippen molar-refractivity contribution < 1.29 is 4.42 Å². The molecule has 3 aromatic heterocycles. The van der Waals surface area contributed by atoms with E-state index in [-0.39, 0.29) is 5.56 Å². The molecular formula is C21H23N5O2S2. The number of thioether (sulfide) groups is 1. The predicted octanol–water partition coefficient (Wildman–Crippen LogP) is 4.79. The van der Waals surface area contributed by atoms with E-state index in [0.29, 0.717) is 28.1 Å². The van der Waals surface area contributed by atoms with E-state index in [1.807, 2.05) is 26.0 Å². The van der Waals surface area contributed by atoms with Crippen LogP contribution in [0.25, 0.3) is 21.7 Å². The molecule has 0 aliphatic carbocycles. The Hall–Kier alpha value is -2.65. The molecule has 4 rings (SSSR count). The van der Waals surface area contributed by atoms with Crippen molar-refractivity contribution in [2.45, 2.75) is 38.7 Å². The minimum atomic E-state index is -0.100. The summed E-state index contributed by atoms with van der Waals surface area (Å²) >= 11 is 2.90. The fraction of sp³-hybridized carbons (Fsp3) is 0.333. The summed E-state index contributed by atoms with van der Waals surface area (Å²) < 4.78 is 5.80. The normalized spacial score (nSPS) is 11.3. The number of hydrogen-bond donors (Lipinski definition) is 1. The van der Waals surface area contributed by atoms with Crippen molar-refractivity contribution in [2.75, 3.05) is 18.0 Å². The summed E-state index contributed by atoms with van der Waals surface area (Å²) in [5, 5.41) is 9.40. The molecule has 0 saturated carbocycles. The fourth-order valence-electron chi connectivity index (χ4n) is 3.29. The maximum atomic E-state index is 12.4. The van der Waals surface area contributed by atoms with Crippen LogP contribution in [0.5, 0.6) is 0 Å². The summed E-state index contributed by atoms with van der Waals surface area (Å²) in [4.78, 5) is 24.0. The van der Waals surface area contributed by atoms with Crippen molar-refractivity contribution in [1.29, 1.82) is 0 Å². The van der Waals surface area contributed by atoms with Gasteiger partial charge in [0, 0.05) is 29.2 Å². The van der Waals surface area contributed by atoms with E-state index in [0.717, 1.165) is 33.9 Å². The number of anilines is 1. The molecular weight excluding hydrogens is 418 g/mol. The average molecular weight is 442 g/mol. The van der Waals surface area contributed by atoms with Crippen molar-refractivity contribution in [3.8, 4) is 11.5 Å². The van der Waals surface area contributed by atoms with Crippen LogP contribution in [0.2, 0.25) is 0 Å². The van der Waals surface area contributed by atoms with E-state index in [4.69, 9.17) is 4.42 Å². The number of nitrogens with one attached hydrogen (secondary N) is 1. The molecule has 4 aromatic rings. The standard InChI is InChI=1S/C21H23N5O2S2/c1-5-26(6-2)15-9-7-14(8-10-15)19-24-25-21(28-19)29-11-16-22-18(27)17-12(3)13(4)30-20(17)23-16/h7-10H,5-6,11H2,1-4H3,(H,22,23,27). The van der Waals surface area contributed by atoms with E-state index in [1.165, 1.54) is 17.4 Å². The smallest absolute Gasteiger partial charge is 0.277 e. The predicted molar refractivity (Wildman–Crippen MR) is 123 cm³/mol. The highest BCUT2D eigenvalue weighted by atomic mass is 32.2. The highest BCUT2D eigenvalue weighted by Crippen LogP contribution is 2.28. The lowest BCUT2D eigenvalue weighted by atomic mass is 10.2. The molecule has 0 saturated heterocycles. The Balaban J connectivity index is 1.47. The molecule has 30 heavy (non-hydrogen) atoms. The lowest BCUT2D eigenvalue weighted by Gasteiger charge is -2.20. The quantitative estimate of drug-likeness (QED) is 0.413. The SMILES string of the molecule is CCN(CC)c1ccc(-c2nnc(SCc3nc4sc(C)c(C)c4c(=O)[nH]3)o2)cc1. The molecule has 3 heterocycles. The van der Waals surface area contributed by atoms with Crippen molar-refractivity contribution in [3.63, 3.8) is 0 Å². The van der Waals surface area contributed by atoms with Gasteiger partial charge >= 0.3 is 0 Å². The van der Waals surface area contributed by atoms with Gasteiger partial charge in [0.15, 0.2) is 0 Å². The van der Waals surface area contributed by atoms with Gasteiger partial charge in [0.25, 0.3) is 10.8 Å². The monoisotopic (exact) mass is 441 g/mol. The van der Waals surface area contributed by atoms with Gasteiger partial charge in [-0.2, -0.15) is 0 Å². The fourth-order valence-corrected chi connectivity index (χ4v) is 4.97. The van der Waals surface area contributed by atoms with Gasteiger partial charge in [0.2, 0.25) is 5.89 Å². The van der Waals surface area contributed by atoms with Crippen molar-refractivity contribution in [1.82, 2.24) is 20.2 Å². The number of nitrogens with zero attached hydrogens (tertiary/aromatic N) is 4. The number of benzene rings is 1. The molecule has 0 amide bonds. The maximum absolute atomic E-state index is 12.4. The zero-order chi connectivity index (χ0) is 21.3. The number of H-pyrrole nitrogens is 1. The number of thiophene rings is 1. The number of fused-ring (bicyclic) bond motifs is 1. The van der Waals surface area contributed by atoms with Gasteiger partial charge in [0.05, 0.1) is 11.1 Å². The third kappa shape index (κ3) is 3.99. The van der Waals surface area contributed by atoms with Crippen LogP contribution in [0.1, 0.15) is 30.1 Å². The Morgan fingerprint density at radius 1 is 1.13 bits per heavy atom. The van der Waals surface area contributed by atoms with Crippen LogP contribution in [0.3, 0.4) is 0 Å². The lowest BCUT2D eigenvalue weighted by Crippen LogP contribution is -2.21. The third-order valence-electron chi connectivity index (χ3n) is 5.07.